The van der Waals surface area contributed by atoms with Gasteiger partial charge in [0.15, 0.2) is 0 Å². The van der Waals surface area contributed by atoms with Gasteiger partial charge in [-0.15, -0.1) is 0 Å². The van der Waals surface area contributed by atoms with E-state index >= 15 is 0 Å². The molecule has 1 N–H and O–H groups in total. The first kappa shape index (κ1) is 13.5. The van der Waals surface area contributed by atoms with Crippen LogP contribution in [0, 0.1) is 5.92 Å². The molecule has 0 amide bonds. The molecule has 16 heavy (non-hydrogen) atoms. The normalized spacial score (nSPS) is 13.1. The van der Waals surface area contributed by atoms with E-state index in [2.05, 4.69) is 24.1 Å². The van der Waals surface area contributed by atoms with E-state index in [1.54, 1.807) is 6.20 Å². The molecule has 1 rings (SSSR count). The molecule has 0 saturated carbocycles. The van der Waals surface area contributed by atoms with Gasteiger partial charge in [0.05, 0.1) is 10.7 Å². The number of hydrogen-bond acceptors (Lipinski definition) is 2. The van der Waals surface area contributed by atoms with Crippen molar-refractivity contribution in [2.45, 2.75) is 39.2 Å². The van der Waals surface area contributed by atoms with E-state index in [9.17, 15) is 0 Å². The highest BCUT2D eigenvalue weighted by Crippen LogP contribution is 2.19. The van der Waals surface area contributed by atoms with Crippen LogP contribution < -0.4 is 5.32 Å². The minimum atomic E-state index is 0.344. The van der Waals surface area contributed by atoms with Gasteiger partial charge in [0.25, 0.3) is 0 Å². The number of pyridine rings is 1. The summed E-state index contributed by atoms with van der Waals surface area (Å²) in [6.45, 7) is 4.52. The molecule has 3 heteroatoms. The van der Waals surface area contributed by atoms with Crippen molar-refractivity contribution < 1.29 is 0 Å². The summed E-state index contributed by atoms with van der Waals surface area (Å²) in [7, 11) is 1.98. The van der Waals surface area contributed by atoms with Crippen molar-refractivity contribution in [2.75, 3.05) is 7.05 Å². The Labute approximate surface area is 103 Å². The zero-order chi connectivity index (χ0) is 12.0. The molecule has 0 aliphatic carbocycles. The van der Waals surface area contributed by atoms with E-state index in [-0.39, 0.29) is 0 Å². The third-order valence-corrected chi connectivity index (χ3v) is 2.95. The summed E-state index contributed by atoms with van der Waals surface area (Å²) in [5.74, 6) is 0.774. The number of hydrogen-bond donors (Lipinski definition) is 1. The van der Waals surface area contributed by atoms with Crippen molar-refractivity contribution in [3.05, 3.63) is 29.0 Å². The van der Waals surface area contributed by atoms with Crippen molar-refractivity contribution in [1.82, 2.24) is 10.3 Å². The summed E-state index contributed by atoms with van der Waals surface area (Å²) in [6, 6.07) is 4.24. The highest BCUT2D eigenvalue weighted by atomic mass is 35.5. The van der Waals surface area contributed by atoms with Crippen molar-refractivity contribution >= 4 is 11.6 Å². The number of nitrogens with one attached hydrogen (secondary N) is 1. The van der Waals surface area contributed by atoms with Crippen LogP contribution in [0.25, 0.3) is 0 Å². The van der Waals surface area contributed by atoms with Crippen LogP contribution >= 0.6 is 11.6 Å². The van der Waals surface area contributed by atoms with Gasteiger partial charge in [-0.2, -0.15) is 0 Å². The lowest BCUT2D eigenvalue weighted by atomic mass is 10.0. The van der Waals surface area contributed by atoms with Gasteiger partial charge in [-0.1, -0.05) is 38.3 Å². The van der Waals surface area contributed by atoms with Gasteiger partial charge >= 0.3 is 0 Å². The summed E-state index contributed by atoms with van der Waals surface area (Å²) in [4.78, 5) is 4.35. The molecule has 0 radical (unpaired) electrons. The smallest absolute Gasteiger partial charge is 0.0589 e. The largest absolute Gasteiger partial charge is 0.312 e. The molecule has 90 valence electrons. The highest BCUT2D eigenvalue weighted by molar-refractivity contribution is 6.30. The predicted molar refractivity (Wildman–Crippen MR) is 69.7 cm³/mol. The maximum Gasteiger partial charge on any atom is 0.0589 e. The Morgan fingerprint density at radius 2 is 2.06 bits per heavy atom. The molecule has 1 atom stereocenters. The van der Waals surface area contributed by atoms with Crippen molar-refractivity contribution in [2.24, 2.45) is 5.92 Å². The van der Waals surface area contributed by atoms with E-state index in [0.29, 0.717) is 11.1 Å². The lowest BCUT2D eigenvalue weighted by Gasteiger charge is -2.16. The van der Waals surface area contributed by atoms with Gasteiger partial charge in [0, 0.05) is 12.2 Å². The quantitative estimate of drug-likeness (QED) is 0.818. The van der Waals surface area contributed by atoms with Crippen LogP contribution in [-0.4, -0.2) is 12.0 Å². The number of rotatable bonds is 6. The Kier molecular flexibility index (Phi) is 5.78. The Morgan fingerprint density at radius 1 is 1.31 bits per heavy atom. The second-order valence-corrected chi connectivity index (χ2v) is 5.00. The Hall–Kier alpha value is -0.600. The van der Waals surface area contributed by atoms with E-state index in [0.717, 1.165) is 18.0 Å². The van der Waals surface area contributed by atoms with Crippen molar-refractivity contribution in [1.29, 1.82) is 0 Å². The summed E-state index contributed by atoms with van der Waals surface area (Å²) in [5, 5.41) is 4.00. The molecular formula is C13H21ClN2. The number of halogens is 1. The van der Waals surface area contributed by atoms with Crippen LogP contribution in [0.5, 0.6) is 0 Å². The first-order chi connectivity index (χ1) is 7.63. The molecule has 0 spiro atoms. The van der Waals surface area contributed by atoms with Gasteiger partial charge in [0.2, 0.25) is 0 Å². The molecule has 0 fully saturated rings. The Bertz CT molecular complexity index is 295. The summed E-state index contributed by atoms with van der Waals surface area (Å²) >= 11 is 5.82. The van der Waals surface area contributed by atoms with Gasteiger partial charge in [-0.25, -0.2) is 0 Å². The van der Waals surface area contributed by atoms with E-state index in [4.69, 9.17) is 11.6 Å². The molecule has 0 aliphatic heterocycles. The molecule has 0 saturated heterocycles. The van der Waals surface area contributed by atoms with Gasteiger partial charge < -0.3 is 5.32 Å². The van der Waals surface area contributed by atoms with Crippen LogP contribution in [0.3, 0.4) is 0 Å². The van der Waals surface area contributed by atoms with Crippen LogP contribution in [0.2, 0.25) is 5.02 Å². The van der Waals surface area contributed by atoms with E-state index in [1.165, 1.54) is 12.8 Å². The maximum atomic E-state index is 5.82. The topological polar surface area (TPSA) is 24.9 Å². The van der Waals surface area contributed by atoms with Gasteiger partial charge in [0.1, 0.15) is 0 Å². The second-order valence-electron chi connectivity index (χ2n) is 4.57. The third kappa shape index (κ3) is 4.50. The molecular weight excluding hydrogens is 220 g/mol. The summed E-state index contributed by atoms with van der Waals surface area (Å²) in [6.07, 6.45) is 5.34. The van der Waals surface area contributed by atoms with Crippen LogP contribution in [0.4, 0.5) is 0 Å². The fraction of sp³-hybridized carbons (Fsp3) is 0.615. The Balaban J connectivity index is 2.50. The first-order valence-electron chi connectivity index (χ1n) is 5.92. The fourth-order valence-corrected chi connectivity index (χ4v) is 1.88. The second kappa shape index (κ2) is 6.87. The lowest BCUT2D eigenvalue weighted by Crippen LogP contribution is -2.17. The zero-order valence-electron chi connectivity index (χ0n) is 10.3. The monoisotopic (exact) mass is 240 g/mol. The molecule has 0 aromatic carbocycles. The highest BCUT2D eigenvalue weighted by Gasteiger charge is 2.10. The molecule has 1 aromatic rings. The summed E-state index contributed by atoms with van der Waals surface area (Å²) in [5.41, 5.74) is 1.08. The predicted octanol–water partition coefficient (Wildman–Crippen LogP) is 3.82. The molecule has 1 heterocycles. The third-order valence-electron chi connectivity index (χ3n) is 2.73. The standard InChI is InChI=1S/C13H21ClN2/c1-10(2)5-4-6-12(15-3)13-8-7-11(14)9-16-13/h7-10,12,15H,4-6H2,1-3H3. The molecule has 1 unspecified atom stereocenters. The fourth-order valence-electron chi connectivity index (χ4n) is 1.76. The molecule has 1 aromatic heterocycles. The van der Waals surface area contributed by atoms with Crippen molar-refractivity contribution in [3.8, 4) is 0 Å². The first-order valence-corrected chi connectivity index (χ1v) is 6.30. The lowest BCUT2D eigenvalue weighted by molar-refractivity contribution is 0.464. The SMILES string of the molecule is CNC(CCCC(C)C)c1ccc(Cl)cn1. The molecule has 0 bridgehead atoms. The number of nitrogens with zero attached hydrogens (tertiary/aromatic N) is 1. The van der Waals surface area contributed by atoms with Gasteiger partial charge in [-0.3, -0.25) is 4.98 Å². The average molecular weight is 241 g/mol. The number of aromatic nitrogens is 1. The van der Waals surface area contributed by atoms with Crippen LogP contribution in [0.1, 0.15) is 44.8 Å². The Morgan fingerprint density at radius 3 is 2.56 bits per heavy atom. The molecule has 0 aliphatic rings. The zero-order valence-corrected chi connectivity index (χ0v) is 11.1. The minimum absolute atomic E-state index is 0.344. The van der Waals surface area contributed by atoms with Crippen LogP contribution in [0.15, 0.2) is 18.3 Å². The average Bonchev–Trinajstić information content (AvgIpc) is 2.26. The maximum absolute atomic E-state index is 5.82. The van der Waals surface area contributed by atoms with E-state index < -0.39 is 0 Å². The van der Waals surface area contributed by atoms with Crippen LogP contribution in [-0.2, 0) is 0 Å². The van der Waals surface area contributed by atoms with Gasteiger partial charge in [-0.05, 0) is 31.5 Å². The minimum Gasteiger partial charge on any atom is -0.312 e. The molecule has 2 nitrogen and oxygen atoms in total. The van der Waals surface area contributed by atoms with Crippen molar-refractivity contribution in [3.63, 3.8) is 0 Å². The summed E-state index contributed by atoms with van der Waals surface area (Å²) < 4.78 is 0. The van der Waals surface area contributed by atoms with E-state index in [1.807, 2.05) is 19.2 Å².